The molecule has 0 amide bonds. The summed E-state index contributed by atoms with van der Waals surface area (Å²) in [5.41, 5.74) is 0.642. The van der Waals surface area contributed by atoms with E-state index in [9.17, 15) is 17.5 Å². The quantitative estimate of drug-likeness (QED) is 0.786. The molecule has 1 aromatic carbocycles. The molecule has 1 heterocycles. The van der Waals surface area contributed by atoms with Crippen LogP contribution >= 0.6 is 10.8 Å². The van der Waals surface area contributed by atoms with E-state index in [1.807, 2.05) is 0 Å². The second-order valence-electron chi connectivity index (χ2n) is 5.49. The third-order valence-corrected chi connectivity index (χ3v) is 6.95. The maximum Gasteiger partial charge on any atom is 0.264 e. The van der Waals surface area contributed by atoms with E-state index in [4.69, 9.17) is 8.92 Å². The molecule has 7 nitrogen and oxygen atoms in total. The number of anilines is 1. The van der Waals surface area contributed by atoms with Gasteiger partial charge in [0.25, 0.3) is 10.1 Å². The van der Waals surface area contributed by atoms with Crippen LogP contribution in [0, 0.1) is 0 Å². The van der Waals surface area contributed by atoms with Gasteiger partial charge in [0.2, 0.25) is 0 Å². The molecular weight excluding hydrogens is 330 g/mol. The summed E-state index contributed by atoms with van der Waals surface area (Å²) in [7, 11) is -5.30. The van der Waals surface area contributed by atoms with Crippen molar-refractivity contribution in [2.24, 2.45) is 0 Å². The monoisotopic (exact) mass is 351 g/mol. The average Bonchev–Trinajstić information content (AvgIpc) is 2.68. The molecule has 0 spiro atoms. The van der Waals surface area contributed by atoms with Crippen molar-refractivity contribution in [2.45, 2.75) is 18.1 Å². The third-order valence-electron chi connectivity index (χ3n) is 3.75. The molecule has 0 aliphatic carbocycles. The topological polar surface area (TPSA) is 96.3 Å². The zero-order valence-electron chi connectivity index (χ0n) is 12.7. The largest absolute Gasteiger partial charge is 0.497 e. The van der Waals surface area contributed by atoms with Gasteiger partial charge in [-0.25, -0.2) is 0 Å². The molecule has 22 heavy (non-hydrogen) atoms. The Bertz CT molecular complexity index is 630. The van der Waals surface area contributed by atoms with Crippen molar-refractivity contribution in [1.82, 2.24) is 0 Å². The zero-order valence-corrected chi connectivity index (χ0v) is 14.4. The summed E-state index contributed by atoms with van der Waals surface area (Å²) in [5.74, 6) is 0.669. The summed E-state index contributed by atoms with van der Waals surface area (Å²) in [6, 6.07) is 6.92. The summed E-state index contributed by atoms with van der Waals surface area (Å²) in [6.07, 6.45) is 1.36. The molecule has 1 saturated heterocycles. The maximum absolute atomic E-state index is 11.2. The molecule has 1 fully saturated rings. The number of hydrogen-bond acceptors (Lipinski definition) is 7. The average molecular weight is 351 g/mol. The van der Waals surface area contributed by atoms with Crippen molar-refractivity contribution in [3.05, 3.63) is 24.3 Å². The van der Waals surface area contributed by atoms with E-state index in [0.29, 0.717) is 24.4 Å². The normalized spacial score (nSPS) is 26.0. The maximum atomic E-state index is 11.2. The molecule has 0 saturated carbocycles. The molecule has 0 aromatic heterocycles. The zero-order chi connectivity index (χ0) is 16.6. The van der Waals surface area contributed by atoms with E-state index in [0.717, 1.165) is 6.26 Å². The van der Waals surface area contributed by atoms with E-state index in [1.165, 1.54) is 4.31 Å². The van der Waals surface area contributed by atoms with Gasteiger partial charge < -0.3 is 4.74 Å². The Morgan fingerprint density at radius 1 is 1.32 bits per heavy atom. The van der Waals surface area contributed by atoms with Crippen LogP contribution in [-0.4, -0.2) is 48.8 Å². The number of rotatable bonds is 5. The van der Waals surface area contributed by atoms with Gasteiger partial charge in [0.1, 0.15) is 10.5 Å². The van der Waals surface area contributed by atoms with E-state index in [-0.39, 0.29) is 6.61 Å². The van der Waals surface area contributed by atoms with Crippen LogP contribution in [0.1, 0.15) is 13.3 Å². The third kappa shape index (κ3) is 3.33. The molecule has 0 bridgehead atoms. The Balaban J connectivity index is 2.22. The molecule has 0 radical (unpaired) electrons. The molecule has 1 atom stereocenters. The lowest BCUT2D eigenvalue weighted by Crippen LogP contribution is -2.37. The van der Waals surface area contributed by atoms with Crippen LogP contribution in [0.25, 0.3) is 0 Å². The van der Waals surface area contributed by atoms with Crippen molar-refractivity contribution < 1.29 is 26.4 Å². The highest BCUT2D eigenvalue weighted by Gasteiger charge is 2.49. The molecule has 1 aliphatic rings. The van der Waals surface area contributed by atoms with E-state index < -0.39 is 25.6 Å². The second-order valence-corrected chi connectivity index (χ2v) is 9.59. The molecule has 1 aliphatic heterocycles. The molecule has 2 N–H and O–H groups in total. The van der Waals surface area contributed by atoms with Gasteiger partial charge in [-0.05, 0) is 37.6 Å². The minimum atomic E-state index is -3.63. The number of nitrogens with zero attached hydrogens (tertiary/aromatic N) is 1. The lowest BCUT2D eigenvalue weighted by atomic mass is 10.1. The van der Waals surface area contributed by atoms with Crippen LogP contribution in [0.4, 0.5) is 5.69 Å². The number of methoxy groups -OCH3 is 1. The Morgan fingerprint density at radius 3 is 2.41 bits per heavy atom. The summed E-state index contributed by atoms with van der Waals surface area (Å²) in [4.78, 5) is 0. The fraction of sp³-hybridized carbons (Fsp3) is 0.538. The van der Waals surface area contributed by atoms with Crippen LogP contribution in [0.3, 0.4) is 0 Å². The number of ether oxygens (including phenoxy) is 1. The van der Waals surface area contributed by atoms with Gasteiger partial charge in [0.05, 0.1) is 25.7 Å². The summed E-state index contributed by atoms with van der Waals surface area (Å²) >= 11 is 0. The summed E-state index contributed by atoms with van der Waals surface area (Å²) in [6.45, 7) is 1.76. The minimum absolute atomic E-state index is 0.263. The van der Waals surface area contributed by atoms with Gasteiger partial charge in [-0.3, -0.25) is 17.6 Å². The van der Waals surface area contributed by atoms with Gasteiger partial charge in [0.15, 0.2) is 0 Å². The van der Waals surface area contributed by atoms with Crippen LogP contribution in [0.2, 0.25) is 0 Å². The van der Waals surface area contributed by atoms with Gasteiger partial charge >= 0.3 is 0 Å². The first kappa shape index (κ1) is 17.4. The van der Waals surface area contributed by atoms with Crippen LogP contribution in [0.15, 0.2) is 24.3 Å². The number of benzene rings is 1. The van der Waals surface area contributed by atoms with Gasteiger partial charge in [-0.2, -0.15) is 8.42 Å². The van der Waals surface area contributed by atoms with Crippen molar-refractivity contribution in [1.29, 1.82) is 0 Å². The highest BCUT2D eigenvalue weighted by atomic mass is 32.3. The lowest BCUT2D eigenvalue weighted by molar-refractivity contribution is 0.269. The highest BCUT2D eigenvalue weighted by Crippen LogP contribution is 2.63. The molecule has 126 valence electrons. The first-order valence-electron chi connectivity index (χ1n) is 6.63. The predicted molar refractivity (Wildman–Crippen MR) is 87.0 cm³/mol. The predicted octanol–water partition coefficient (Wildman–Crippen LogP) is 2.31. The van der Waals surface area contributed by atoms with Crippen LogP contribution < -0.4 is 9.04 Å². The van der Waals surface area contributed by atoms with Crippen molar-refractivity contribution in [3.63, 3.8) is 0 Å². The number of hydrogen-bond donors (Lipinski definition) is 2. The second kappa shape index (κ2) is 5.89. The van der Waals surface area contributed by atoms with Crippen molar-refractivity contribution in [2.75, 3.05) is 30.8 Å². The fourth-order valence-corrected chi connectivity index (χ4v) is 4.70. The highest BCUT2D eigenvalue weighted by molar-refractivity contribution is 8.26. The standard InChI is InChI=1S/C13H21NO6S2/c1-13(10-20-21(3,15)16)8-9-14(22(13,17)18)11-4-6-12(19-2)7-5-11/h4-7,17-18H,8-10H2,1-3H3. The molecule has 1 aromatic rings. The Kier molecular flexibility index (Phi) is 4.65. The Hall–Kier alpha value is -1.00. The smallest absolute Gasteiger partial charge is 0.264 e. The first-order chi connectivity index (χ1) is 10.1. The van der Waals surface area contributed by atoms with Gasteiger partial charge in [-0.1, -0.05) is 0 Å². The minimum Gasteiger partial charge on any atom is -0.497 e. The SMILES string of the molecule is COc1ccc(N2CCC(C)(COS(C)(=O)=O)S2(O)O)cc1. The lowest BCUT2D eigenvalue weighted by Gasteiger charge is -2.47. The Labute approximate surface area is 132 Å². The molecule has 1 unspecified atom stereocenters. The van der Waals surface area contributed by atoms with Gasteiger partial charge in [0, 0.05) is 6.54 Å². The van der Waals surface area contributed by atoms with Crippen molar-refractivity contribution >= 4 is 26.6 Å². The van der Waals surface area contributed by atoms with Crippen molar-refractivity contribution in [3.8, 4) is 5.75 Å². The summed E-state index contributed by atoms with van der Waals surface area (Å²) in [5, 5.41) is 0. The molecule has 2 rings (SSSR count). The van der Waals surface area contributed by atoms with Crippen LogP contribution in [0.5, 0.6) is 5.75 Å². The van der Waals surface area contributed by atoms with E-state index >= 15 is 0 Å². The van der Waals surface area contributed by atoms with Crippen LogP contribution in [-0.2, 0) is 14.3 Å². The van der Waals surface area contributed by atoms with Gasteiger partial charge in [-0.15, -0.1) is 10.8 Å². The van der Waals surface area contributed by atoms with E-state index in [1.54, 1.807) is 38.3 Å². The summed E-state index contributed by atoms with van der Waals surface area (Å²) < 4.78 is 53.9. The first-order valence-corrected chi connectivity index (χ1v) is 9.95. The molecular formula is C13H21NO6S2. The fourth-order valence-electron chi connectivity index (χ4n) is 2.28. The molecule has 9 heteroatoms. The Morgan fingerprint density at radius 2 is 1.91 bits per heavy atom. The van der Waals surface area contributed by atoms with E-state index in [2.05, 4.69) is 0 Å².